The number of nitrogens with zero attached hydrogens (tertiary/aromatic N) is 1. The van der Waals surface area contributed by atoms with Gasteiger partial charge in [0.25, 0.3) is 5.91 Å². The van der Waals surface area contributed by atoms with E-state index in [4.69, 9.17) is 4.74 Å². The highest BCUT2D eigenvalue weighted by molar-refractivity contribution is 5.97. The van der Waals surface area contributed by atoms with E-state index in [0.29, 0.717) is 24.4 Å². The van der Waals surface area contributed by atoms with Crippen molar-refractivity contribution in [2.45, 2.75) is 57.7 Å². The lowest BCUT2D eigenvalue weighted by atomic mass is 9.88. The van der Waals surface area contributed by atoms with Crippen LogP contribution in [0.3, 0.4) is 0 Å². The monoisotopic (exact) mass is 397 g/mol. The van der Waals surface area contributed by atoms with Crippen LogP contribution in [0.25, 0.3) is 10.9 Å². The first kappa shape index (κ1) is 20.0. The zero-order chi connectivity index (χ0) is 20.4. The van der Waals surface area contributed by atoms with E-state index in [1.54, 1.807) is 0 Å². The summed E-state index contributed by atoms with van der Waals surface area (Å²) in [6, 6.07) is 7.68. The van der Waals surface area contributed by atoms with Crippen molar-refractivity contribution in [2.75, 3.05) is 19.6 Å². The number of hydrogen-bond donors (Lipinski definition) is 2. The maximum absolute atomic E-state index is 12.5. The molecule has 0 saturated carbocycles. The molecule has 6 heteroatoms. The van der Waals surface area contributed by atoms with Crippen LogP contribution >= 0.6 is 0 Å². The number of hydrogen-bond acceptors (Lipinski definition) is 3. The van der Waals surface area contributed by atoms with E-state index in [1.807, 2.05) is 35.4 Å². The van der Waals surface area contributed by atoms with Gasteiger partial charge in [0.15, 0.2) is 0 Å². The van der Waals surface area contributed by atoms with Gasteiger partial charge in [-0.15, -0.1) is 0 Å². The third kappa shape index (κ3) is 4.47. The number of amides is 2. The molecule has 1 atom stereocenters. The molecule has 0 radical (unpaired) electrons. The average molecular weight is 398 g/mol. The lowest BCUT2D eigenvalue weighted by molar-refractivity contribution is -0.138. The van der Waals surface area contributed by atoms with Crippen LogP contribution in [0.4, 0.5) is 0 Å². The maximum atomic E-state index is 12.5. The van der Waals surface area contributed by atoms with Crippen molar-refractivity contribution >= 4 is 22.7 Å². The molecule has 156 valence electrons. The summed E-state index contributed by atoms with van der Waals surface area (Å²) in [5.74, 6) is 0.586. The predicted octanol–water partition coefficient (Wildman–Crippen LogP) is 3.48. The second-order valence-electron chi connectivity index (χ2n) is 8.93. The van der Waals surface area contributed by atoms with E-state index in [1.165, 1.54) is 0 Å². The van der Waals surface area contributed by atoms with Crippen molar-refractivity contribution in [2.24, 2.45) is 5.92 Å². The molecule has 1 aromatic heterocycles. The molecule has 3 heterocycles. The van der Waals surface area contributed by atoms with E-state index in [0.717, 1.165) is 49.7 Å². The first-order valence-electron chi connectivity index (χ1n) is 10.8. The Morgan fingerprint density at radius 3 is 2.79 bits per heavy atom. The first-order valence-corrected chi connectivity index (χ1v) is 10.8. The molecule has 2 amide bonds. The van der Waals surface area contributed by atoms with Crippen LogP contribution in [0.1, 0.15) is 56.3 Å². The number of benzene rings is 1. The Morgan fingerprint density at radius 2 is 2.03 bits per heavy atom. The number of carbonyl (C=O) groups is 2. The standard InChI is InChI=1S/C23H31N3O3/c1-16(2)13-21(27)26-11-8-23(9-12-26)7-5-19(29-23)15-25-22(28)18-4-3-17-6-10-24-20(17)14-18/h3-4,6,10,14,16,19,24H,5,7-9,11-13,15H2,1-2H3,(H,25,28). The summed E-state index contributed by atoms with van der Waals surface area (Å²) in [5.41, 5.74) is 1.50. The zero-order valence-corrected chi connectivity index (χ0v) is 17.4. The van der Waals surface area contributed by atoms with Gasteiger partial charge in [-0.25, -0.2) is 0 Å². The van der Waals surface area contributed by atoms with Crippen LogP contribution in [-0.2, 0) is 9.53 Å². The van der Waals surface area contributed by atoms with Crippen molar-refractivity contribution in [3.8, 4) is 0 Å². The number of nitrogens with one attached hydrogen (secondary N) is 2. The second kappa shape index (κ2) is 8.19. The van der Waals surface area contributed by atoms with Crippen LogP contribution in [0, 0.1) is 5.92 Å². The van der Waals surface area contributed by atoms with Gasteiger partial charge in [-0.1, -0.05) is 19.9 Å². The molecule has 2 aliphatic rings. The number of ether oxygens (including phenoxy) is 1. The van der Waals surface area contributed by atoms with Crippen molar-refractivity contribution < 1.29 is 14.3 Å². The van der Waals surface area contributed by atoms with Gasteiger partial charge in [-0.2, -0.15) is 0 Å². The van der Waals surface area contributed by atoms with Crippen molar-refractivity contribution in [1.29, 1.82) is 0 Å². The number of rotatable bonds is 5. The van der Waals surface area contributed by atoms with Gasteiger partial charge < -0.3 is 19.9 Å². The van der Waals surface area contributed by atoms with Gasteiger partial charge in [-0.05, 0) is 55.2 Å². The fourth-order valence-electron chi connectivity index (χ4n) is 4.55. The molecule has 1 aromatic carbocycles. The summed E-state index contributed by atoms with van der Waals surface area (Å²) in [4.78, 5) is 29.9. The topological polar surface area (TPSA) is 74.4 Å². The molecule has 2 N–H and O–H groups in total. The number of aromatic nitrogens is 1. The summed E-state index contributed by atoms with van der Waals surface area (Å²) in [6.45, 7) is 6.25. The third-order valence-electron chi connectivity index (χ3n) is 6.26. The van der Waals surface area contributed by atoms with Crippen LogP contribution < -0.4 is 5.32 Å². The van der Waals surface area contributed by atoms with Gasteiger partial charge in [0, 0.05) is 43.3 Å². The van der Waals surface area contributed by atoms with Crippen LogP contribution in [-0.4, -0.2) is 53.0 Å². The fraction of sp³-hybridized carbons (Fsp3) is 0.565. The van der Waals surface area contributed by atoms with E-state index in [2.05, 4.69) is 24.1 Å². The SMILES string of the molecule is CC(C)CC(=O)N1CCC2(CCC(CNC(=O)c3ccc4cc[nH]c4c3)O2)CC1. The largest absolute Gasteiger partial charge is 0.370 e. The van der Waals surface area contributed by atoms with Crippen molar-refractivity contribution in [3.63, 3.8) is 0 Å². The van der Waals surface area contributed by atoms with Gasteiger partial charge >= 0.3 is 0 Å². The molecule has 4 rings (SSSR count). The molecule has 29 heavy (non-hydrogen) atoms. The Bertz CT molecular complexity index is 880. The minimum atomic E-state index is -0.118. The molecule has 2 aromatic rings. The molecule has 0 bridgehead atoms. The van der Waals surface area contributed by atoms with Gasteiger partial charge in [-0.3, -0.25) is 9.59 Å². The molecule has 2 fully saturated rings. The molecule has 1 spiro atoms. The second-order valence-corrected chi connectivity index (χ2v) is 8.93. The summed E-state index contributed by atoms with van der Waals surface area (Å²) < 4.78 is 6.38. The normalized spacial score (nSPS) is 21.2. The highest BCUT2D eigenvalue weighted by Crippen LogP contribution is 2.39. The Balaban J connectivity index is 1.26. The Morgan fingerprint density at radius 1 is 1.24 bits per heavy atom. The molecule has 1 unspecified atom stereocenters. The quantitative estimate of drug-likeness (QED) is 0.811. The maximum Gasteiger partial charge on any atom is 0.251 e. The van der Waals surface area contributed by atoms with Crippen LogP contribution in [0.15, 0.2) is 30.5 Å². The first-order chi connectivity index (χ1) is 13.9. The lowest BCUT2D eigenvalue weighted by Gasteiger charge is -2.39. The summed E-state index contributed by atoms with van der Waals surface area (Å²) in [6.07, 6.45) is 6.29. The van der Waals surface area contributed by atoms with Crippen molar-refractivity contribution in [3.05, 3.63) is 36.0 Å². The zero-order valence-electron chi connectivity index (χ0n) is 17.4. The highest BCUT2D eigenvalue weighted by atomic mass is 16.5. The van der Waals surface area contributed by atoms with E-state index in [9.17, 15) is 9.59 Å². The Labute approximate surface area is 172 Å². The number of carbonyl (C=O) groups excluding carboxylic acids is 2. The number of fused-ring (bicyclic) bond motifs is 1. The molecule has 0 aliphatic carbocycles. The average Bonchev–Trinajstić information content (AvgIpc) is 3.32. The fourth-order valence-corrected chi connectivity index (χ4v) is 4.55. The Hall–Kier alpha value is -2.34. The van der Waals surface area contributed by atoms with E-state index >= 15 is 0 Å². The molecular weight excluding hydrogens is 366 g/mol. The summed E-state index contributed by atoms with van der Waals surface area (Å²) >= 11 is 0. The summed E-state index contributed by atoms with van der Waals surface area (Å²) in [7, 11) is 0. The highest BCUT2D eigenvalue weighted by Gasteiger charge is 2.43. The minimum Gasteiger partial charge on any atom is -0.370 e. The number of piperidine rings is 1. The number of aromatic amines is 1. The molecular formula is C23H31N3O3. The Kier molecular flexibility index (Phi) is 5.63. The van der Waals surface area contributed by atoms with E-state index < -0.39 is 0 Å². The van der Waals surface area contributed by atoms with Crippen LogP contribution in [0.5, 0.6) is 0 Å². The number of likely N-dealkylation sites (tertiary alicyclic amines) is 1. The van der Waals surface area contributed by atoms with Gasteiger partial charge in [0.1, 0.15) is 0 Å². The minimum absolute atomic E-state index is 0.0473. The van der Waals surface area contributed by atoms with Crippen molar-refractivity contribution in [1.82, 2.24) is 15.2 Å². The smallest absolute Gasteiger partial charge is 0.251 e. The third-order valence-corrected chi connectivity index (χ3v) is 6.26. The molecule has 6 nitrogen and oxygen atoms in total. The van der Waals surface area contributed by atoms with Gasteiger partial charge in [0.2, 0.25) is 5.91 Å². The predicted molar refractivity (Wildman–Crippen MR) is 113 cm³/mol. The number of H-pyrrole nitrogens is 1. The van der Waals surface area contributed by atoms with Crippen LogP contribution in [0.2, 0.25) is 0 Å². The van der Waals surface area contributed by atoms with Gasteiger partial charge in [0.05, 0.1) is 11.7 Å². The van der Waals surface area contributed by atoms with E-state index in [-0.39, 0.29) is 23.5 Å². The molecule has 2 aliphatic heterocycles. The summed E-state index contributed by atoms with van der Waals surface area (Å²) in [5, 5.41) is 4.12. The lowest BCUT2D eigenvalue weighted by Crippen LogP contribution is -2.47. The molecule has 2 saturated heterocycles.